The first-order valence-electron chi connectivity index (χ1n) is 16.0. The molecule has 4 rings (SSSR count). The van der Waals surface area contributed by atoms with Crippen LogP contribution in [0.25, 0.3) is 11.1 Å². The van der Waals surface area contributed by atoms with Crippen molar-refractivity contribution in [2.45, 2.75) is 44.6 Å². The first-order chi connectivity index (χ1) is 23.2. The van der Waals surface area contributed by atoms with E-state index in [0.29, 0.717) is 44.7 Å². The minimum absolute atomic E-state index is 0.0290. The third-order valence-corrected chi connectivity index (χ3v) is 8.42. The number of carbonyl (C=O) groups is 5. The number of hydrogen-bond donors (Lipinski definition) is 5. The van der Waals surface area contributed by atoms with Crippen molar-refractivity contribution in [2.24, 2.45) is 11.8 Å². The van der Waals surface area contributed by atoms with E-state index in [-0.39, 0.29) is 62.4 Å². The fraction of sp³-hybridized carbons (Fsp3) is 0.485. The van der Waals surface area contributed by atoms with E-state index in [9.17, 15) is 38.0 Å². The van der Waals surface area contributed by atoms with Crippen LogP contribution in [0.5, 0.6) is 0 Å². The average molecular weight is 674 g/mol. The van der Waals surface area contributed by atoms with Crippen LogP contribution < -0.4 is 21.4 Å². The van der Waals surface area contributed by atoms with Crippen molar-refractivity contribution in [3.63, 3.8) is 0 Å². The molecule has 260 valence electrons. The van der Waals surface area contributed by atoms with Gasteiger partial charge in [0.2, 0.25) is 23.6 Å². The number of amides is 5. The standard InChI is InChI=1S/C33H41F2N5O8/c34-25-6-3-7-26(35)29(25)22-11-9-21(10-12-22)19-24-23(31(43)39-46)5-4-16-48-33(45)36-13-2-1-8-27(38-30(24)42)32(44)37-20-28(41)40-14-17-47-18-15-40/h3,6-7,9-12,23-24,27,46H,1-2,4-5,8,13-20H2,(H,36,45)(H,37,44)(H,38,42)(H,39,43)/t23-,24+,27-/m0/s1. The summed E-state index contributed by atoms with van der Waals surface area (Å²) in [5, 5.41) is 17.6. The lowest BCUT2D eigenvalue weighted by atomic mass is 9.82. The number of rotatable bonds is 7. The number of halogens is 2. The lowest BCUT2D eigenvalue weighted by Crippen LogP contribution is -2.53. The van der Waals surface area contributed by atoms with Crippen LogP contribution in [0.1, 0.15) is 37.7 Å². The summed E-state index contributed by atoms with van der Waals surface area (Å²) in [6.45, 7) is 1.51. The fourth-order valence-electron chi connectivity index (χ4n) is 5.79. The Morgan fingerprint density at radius 2 is 1.62 bits per heavy atom. The van der Waals surface area contributed by atoms with Gasteiger partial charge in [0.15, 0.2) is 0 Å². The van der Waals surface area contributed by atoms with E-state index in [0.717, 1.165) is 12.1 Å². The van der Waals surface area contributed by atoms with Gasteiger partial charge in [0, 0.05) is 19.6 Å². The number of benzene rings is 2. The molecular weight excluding hydrogens is 632 g/mol. The van der Waals surface area contributed by atoms with Crippen LogP contribution in [0.2, 0.25) is 0 Å². The largest absolute Gasteiger partial charge is 0.450 e. The molecule has 48 heavy (non-hydrogen) atoms. The second-order valence-electron chi connectivity index (χ2n) is 11.7. The summed E-state index contributed by atoms with van der Waals surface area (Å²) in [7, 11) is 0. The molecule has 2 fully saturated rings. The molecule has 0 radical (unpaired) electrons. The molecule has 13 nitrogen and oxygen atoms in total. The molecule has 5 N–H and O–H groups in total. The molecular formula is C33H41F2N5O8. The Bertz CT molecular complexity index is 1420. The molecule has 5 amide bonds. The van der Waals surface area contributed by atoms with Crippen molar-refractivity contribution in [1.29, 1.82) is 0 Å². The van der Waals surface area contributed by atoms with Crippen LogP contribution in [-0.2, 0) is 35.1 Å². The SMILES string of the molecule is O=C1NCCCC[C@@H](C(=O)NCC(=O)N2CCOCC2)NC(=O)[C@H](Cc2ccc(-c3c(F)cccc3F)cc2)[C@@H](C(=O)NO)CCCO1. The van der Waals surface area contributed by atoms with E-state index in [1.165, 1.54) is 18.2 Å². The summed E-state index contributed by atoms with van der Waals surface area (Å²) in [4.78, 5) is 66.6. The molecule has 0 spiro atoms. The van der Waals surface area contributed by atoms with Gasteiger partial charge in [-0.2, -0.15) is 0 Å². The highest BCUT2D eigenvalue weighted by Gasteiger charge is 2.36. The Labute approximate surface area is 276 Å². The first-order valence-corrected chi connectivity index (χ1v) is 16.0. The van der Waals surface area contributed by atoms with Crippen LogP contribution >= 0.6 is 0 Å². The second kappa shape index (κ2) is 18.1. The summed E-state index contributed by atoms with van der Waals surface area (Å²) in [6.07, 6.45) is 0.545. The van der Waals surface area contributed by atoms with Crippen LogP contribution in [0.15, 0.2) is 42.5 Å². The second-order valence-corrected chi connectivity index (χ2v) is 11.7. The number of ether oxygens (including phenoxy) is 2. The van der Waals surface area contributed by atoms with Gasteiger partial charge in [0.05, 0.1) is 43.8 Å². The molecule has 2 aromatic carbocycles. The maximum atomic E-state index is 14.4. The van der Waals surface area contributed by atoms with Crippen LogP contribution in [0.3, 0.4) is 0 Å². The summed E-state index contributed by atoms with van der Waals surface area (Å²) in [5.74, 6) is -6.14. The van der Waals surface area contributed by atoms with E-state index in [2.05, 4.69) is 16.0 Å². The van der Waals surface area contributed by atoms with Gasteiger partial charge in [-0.05, 0) is 61.8 Å². The van der Waals surface area contributed by atoms with Crippen LogP contribution in [-0.4, -0.2) is 91.9 Å². The molecule has 2 aromatic rings. The topological polar surface area (TPSA) is 175 Å². The molecule has 0 unspecified atom stereocenters. The normalized spacial score (nSPS) is 21.4. The molecule has 0 aromatic heterocycles. The van der Waals surface area contributed by atoms with E-state index in [4.69, 9.17) is 9.47 Å². The summed E-state index contributed by atoms with van der Waals surface area (Å²) < 4.78 is 39.3. The molecule has 2 saturated heterocycles. The van der Waals surface area contributed by atoms with Crippen LogP contribution in [0.4, 0.5) is 13.6 Å². The van der Waals surface area contributed by atoms with Crippen LogP contribution in [0, 0.1) is 23.5 Å². The van der Waals surface area contributed by atoms with Crippen molar-refractivity contribution in [3.8, 4) is 11.1 Å². The maximum Gasteiger partial charge on any atom is 0.407 e. The predicted molar refractivity (Wildman–Crippen MR) is 167 cm³/mol. The number of hydroxylamine groups is 1. The highest BCUT2D eigenvalue weighted by molar-refractivity contribution is 5.93. The third-order valence-electron chi connectivity index (χ3n) is 8.42. The molecule has 2 aliphatic heterocycles. The Morgan fingerprint density at radius 3 is 2.31 bits per heavy atom. The van der Waals surface area contributed by atoms with Crippen molar-refractivity contribution in [3.05, 3.63) is 59.7 Å². The zero-order valence-electron chi connectivity index (χ0n) is 26.5. The van der Waals surface area contributed by atoms with Crippen molar-refractivity contribution < 1.29 is 47.4 Å². The third kappa shape index (κ3) is 10.2. The monoisotopic (exact) mass is 673 g/mol. The molecule has 0 bridgehead atoms. The van der Waals surface area contributed by atoms with Gasteiger partial charge in [0.1, 0.15) is 17.7 Å². The quantitative estimate of drug-likeness (QED) is 0.219. The lowest BCUT2D eigenvalue weighted by molar-refractivity contribution is -0.141. The number of hydrogen-bond acceptors (Lipinski definition) is 8. The van der Waals surface area contributed by atoms with Gasteiger partial charge in [-0.25, -0.2) is 19.1 Å². The zero-order valence-corrected chi connectivity index (χ0v) is 26.5. The van der Waals surface area contributed by atoms with Gasteiger partial charge in [-0.1, -0.05) is 30.3 Å². The molecule has 2 heterocycles. The van der Waals surface area contributed by atoms with Gasteiger partial charge in [-0.15, -0.1) is 0 Å². The van der Waals surface area contributed by atoms with Gasteiger partial charge in [0.25, 0.3) is 0 Å². The highest BCUT2D eigenvalue weighted by atomic mass is 19.1. The summed E-state index contributed by atoms with van der Waals surface area (Å²) in [5.41, 5.74) is 2.21. The molecule has 3 atom stereocenters. The summed E-state index contributed by atoms with van der Waals surface area (Å²) >= 11 is 0. The highest BCUT2D eigenvalue weighted by Crippen LogP contribution is 2.29. The predicted octanol–water partition coefficient (Wildman–Crippen LogP) is 2.06. The van der Waals surface area contributed by atoms with Gasteiger partial charge >= 0.3 is 6.09 Å². The average Bonchev–Trinajstić information content (AvgIpc) is 3.09. The lowest BCUT2D eigenvalue weighted by Gasteiger charge is -2.28. The van der Waals surface area contributed by atoms with Crippen molar-refractivity contribution >= 4 is 29.7 Å². The number of cyclic esters (lactones) is 1. The van der Waals surface area contributed by atoms with Gasteiger partial charge < -0.3 is 30.3 Å². The maximum absolute atomic E-state index is 14.4. The van der Waals surface area contributed by atoms with Gasteiger partial charge in [-0.3, -0.25) is 24.4 Å². The van der Waals surface area contributed by atoms with E-state index in [1.807, 2.05) is 0 Å². The number of alkyl carbamates (subject to hydrolysis) is 1. The molecule has 2 aliphatic rings. The minimum Gasteiger partial charge on any atom is -0.450 e. The fourth-order valence-corrected chi connectivity index (χ4v) is 5.79. The number of carbonyl (C=O) groups excluding carboxylic acids is 5. The minimum atomic E-state index is -1.13. The molecule has 15 heteroatoms. The Balaban J connectivity index is 1.58. The Morgan fingerprint density at radius 1 is 0.917 bits per heavy atom. The Hall–Kier alpha value is -4.63. The van der Waals surface area contributed by atoms with Crippen molar-refractivity contribution in [2.75, 3.05) is 46.0 Å². The number of nitrogens with zero attached hydrogens (tertiary/aromatic N) is 1. The van der Waals surface area contributed by atoms with E-state index < -0.39 is 53.3 Å². The smallest absolute Gasteiger partial charge is 0.407 e. The zero-order chi connectivity index (χ0) is 34.5. The number of morpholine rings is 1. The first kappa shape index (κ1) is 36.2. The molecule has 0 saturated carbocycles. The van der Waals surface area contributed by atoms with E-state index in [1.54, 1.807) is 22.5 Å². The Kier molecular flexibility index (Phi) is 13.6. The molecule has 0 aliphatic carbocycles. The van der Waals surface area contributed by atoms with Crippen molar-refractivity contribution in [1.82, 2.24) is 26.3 Å². The number of nitrogens with one attached hydrogen (secondary N) is 4. The summed E-state index contributed by atoms with van der Waals surface area (Å²) in [6, 6.07) is 8.61. The van der Waals surface area contributed by atoms with E-state index >= 15 is 0 Å².